The molecule has 1 saturated carbocycles. The van der Waals surface area contributed by atoms with Gasteiger partial charge in [-0.25, -0.2) is 13.8 Å². The molecule has 1 aliphatic heterocycles. The van der Waals surface area contributed by atoms with Gasteiger partial charge in [0.2, 0.25) is 0 Å². The summed E-state index contributed by atoms with van der Waals surface area (Å²) in [5, 5.41) is 4.23. The quantitative estimate of drug-likeness (QED) is 0.769. The highest BCUT2D eigenvalue weighted by molar-refractivity contribution is 5.47. The Morgan fingerprint density at radius 1 is 1.28 bits per heavy atom. The van der Waals surface area contributed by atoms with Crippen molar-refractivity contribution in [3.63, 3.8) is 0 Å². The van der Waals surface area contributed by atoms with Crippen molar-refractivity contribution in [2.75, 3.05) is 24.6 Å². The fraction of sp³-hybridized carbons (Fsp3) is 0.556. The second-order valence-corrected chi connectivity index (χ2v) is 7.05. The maximum atomic E-state index is 13.5. The summed E-state index contributed by atoms with van der Waals surface area (Å²) in [5.41, 5.74) is 1.76. The zero-order valence-electron chi connectivity index (χ0n) is 14.3. The summed E-state index contributed by atoms with van der Waals surface area (Å²) in [5.74, 6) is 0.661. The summed E-state index contributed by atoms with van der Waals surface area (Å²) in [6, 6.07) is 3.60. The van der Waals surface area contributed by atoms with E-state index in [4.69, 9.17) is 4.74 Å². The summed E-state index contributed by atoms with van der Waals surface area (Å²) in [6.07, 6.45) is 3.45. The van der Waals surface area contributed by atoms with E-state index in [1.54, 1.807) is 16.9 Å². The molecule has 7 heteroatoms. The van der Waals surface area contributed by atoms with Gasteiger partial charge in [-0.3, -0.25) is 4.68 Å². The monoisotopic (exact) mass is 348 g/mol. The van der Waals surface area contributed by atoms with Crippen molar-refractivity contribution < 1.29 is 13.5 Å². The maximum Gasteiger partial charge on any atom is 0.280 e. The van der Waals surface area contributed by atoms with Gasteiger partial charge in [-0.1, -0.05) is 6.07 Å². The van der Waals surface area contributed by atoms with E-state index in [1.165, 1.54) is 12.8 Å². The van der Waals surface area contributed by atoms with Crippen molar-refractivity contribution in [1.82, 2.24) is 14.8 Å². The molecule has 0 aromatic carbocycles. The van der Waals surface area contributed by atoms with Crippen LogP contribution in [0.2, 0.25) is 0 Å². The van der Waals surface area contributed by atoms with E-state index in [2.05, 4.69) is 15.0 Å². The van der Waals surface area contributed by atoms with Gasteiger partial charge in [0.25, 0.3) is 6.43 Å². The van der Waals surface area contributed by atoms with Crippen LogP contribution in [0.3, 0.4) is 0 Å². The number of rotatable bonds is 7. The van der Waals surface area contributed by atoms with Crippen molar-refractivity contribution in [1.29, 1.82) is 0 Å². The Balaban J connectivity index is 1.49. The third-order valence-electron chi connectivity index (χ3n) is 5.03. The summed E-state index contributed by atoms with van der Waals surface area (Å²) in [6.45, 7) is 5.21. The summed E-state index contributed by atoms with van der Waals surface area (Å²) in [4.78, 5) is 6.34. The van der Waals surface area contributed by atoms with Gasteiger partial charge in [0.05, 0.1) is 19.3 Å². The molecule has 0 N–H and O–H groups in total. The van der Waals surface area contributed by atoms with Crippen LogP contribution in [0.15, 0.2) is 24.5 Å². The highest BCUT2D eigenvalue weighted by Crippen LogP contribution is 2.53. The molecule has 1 saturated heterocycles. The third-order valence-corrected chi connectivity index (χ3v) is 5.03. The van der Waals surface area contributed by atoms with Gasteiger partial charge in [0.15, 0.2) is 0 Å². The van der Waals surface area contributed by atoms with Crippen molar-refractivity contribution in [2.45, 2.75) is 39.3 Å². The lowest BCUT2D eigenvalue weighted by Gasteiger charge is -2.41. The molecule has 4 rings (SSSR count). The average Bonchev–Trinajstić information content (AvgIpc) is 3.26. The number of pyridine rings is 1. The number of hydrogen-bond acceptors (Lipinski definition) is 4. The maximum absolute atomic E-state index is 13.5. The van der Waals surface area contributed by atoms with Crippen LogP contribution < -0.4 is 4.90 Å². The molecule has 0 amide bonds. The molecular weight excluding hydrogens is 326 g/mol. The van der Waals surface area contributed by atoms with Crippen LogP contribution in [0.5, 0.6) is 0 Å². The highest BCUT2D eigenvalue weighted by Gasteiger charge is 2.52. The molecule has 0 atom stereocenters. The van der Waals surface area contributed by atoms with Gasteiger partial charge in [0.1, 0.15) is 11.5 Å². The molecule has 0 radical (unpaired) electrons. The Morgan fingerprint density at radius 3 is 2.76 bits per heavy atom. The van der Waals surface area contributed by atoms with Crippen LogP contribution in [0.25, 0.3) is 0 Å². The van der Waals surface area contributed by atoms with Gasteiger partial charge >= 0.3 is 0 Å². The number of alkyl halides is 2. The molecule has 25 heavy (non-hydrogen) atoms. The predicted molar refractivity (Wildman–Crippen MR) is 89.7 cm³/mol. The molecule has 1 aliphatic carbocycles. The van der Waals surface area contributed by atoms with E-state index in [1.807, 2.05) is 19.2 Å². The number of halogens is 2. The van der Waals surface area contributed by atoms with Crippen LogP contribution in [-0.2, 0) is 17.9 Å². The number of nitrogens with zero attached hydrogens (tertiary/aromatic N) is 4. The first kappa shape index (κ1) is 16.4. The van der Waals surface area contributed by atoms with Gasteiger partial charge < -0.3 is 9.64 Å². The van der Waals surface area contributed by atoms with E-state index >= 15 is 0 Å². The molecule has 2 aliphatic rings. The van der Waals surface area contributed by atoms with Crippen LogP contribution in [-0.4, -0.2) is 34.5 Å². The molecule has 0 bridgehead atoms. The molecule has 0 unspecified atom stereocenters. The van der Waals surface area contributed by atoms with E-state index in [9.17, 15) is 8.78 Å². The Hall–Kier alpha value is -2.02. The summed E-state index contributed by atoms with van der Waals surface area (Å²) < 4.78 is 34.0. The minimum atomic E-state index is -2.59. The number of ether oxygens (including phenoxy) is 1. The van der Waals surface area contributed by atoms with Crippen molar-refractivity contribution >= 4 is 5.82 Å². The Labute approximate surface area is 145 Å². The normalized spacial score (nSPS) is 18.0. The van der Waals surface area contributed by atoms with E-state index < -0.39 is 6.43 Å². The van der Waals surface area contributed by atoms with Gasteiger partial charge in [0, 0.05) is 42.4 Å². The third kappa shape index (κ3) is 3.38. The molecule has 2 aromatic rings. The largest absolute Gasteiger partial charge is 0.377 e. The smallest absolute Gasteiger partial charge is 0.280 e. The summed E-state index contributed by atoms with van der Waals surface area (Å²) >= 11 is 0. The SMILES string of the molecule is CCOCc1cnn(Cc2ccc(N3CC4(CC4)C3)nc2C(F)F)c1. The number of hydrogen-bond donors (Lipinski definition) is 0. The molecule has 134 valence electrons. The van der Waals surface area contributed by atoms with E-state index in [0.717, 1.165) is 18.7 Å². The van der Waals surface area contributed by atoms with Gasteiger partial charge in [-0.05, 0) is 25.8 Å². The first-order valence-electron chi connectivity index (χ1n) is 8.70. The zero-order valence-corrected chi connectivity index (χ0v) is 14.3. The minimum absolute atomic E-state index is 0.142. The molecular formula is C18H22F2N4O. The highest BCUT2D eigenvalue weighted by atomic mass is 19.3. The first-order chi connectivity index (χ1) is 12.1. The van der Waals surface area contributed by atoms with E-state index in [-0.39, 0.29) is 12.2 Å². The van der Waals surface area contributed by atoms with Crippen LogP contribution in [0.4, 0.5) is 14.6 Å². The molecule has 2 aromatic heterocycles. The fourth-order valence-corrected chi connectivity index (χ4v) is 3.37. The Bertz CT molecular complexity index is 749. The Kier molecular flexibility index (Phi) is 4.19. The number of aromatic nitrogens is 3. The second kappa shape index (κ2) is 6.37. The average molecular weight is 348 g/mol. The predicted octanol–water partition coefficient (Wildman–Crippen LogP) is 3.40. The van der Waals surface area contributed by atoms with Crippen LogP contribution >= 0.6 is 0 Å². The summed E-state index contributed by atoms with van der Waals surface area (Å²) in [7, 11) is 0. The topological polar surface area (TPSA) is 43.2 Å². The van der Waals surface area contributed by atoms with Crippen molar-refractivity contribution in [2.24, 2.45) is 5.41 Å². The first-order valence-corrected chi connectivity index (χ1v) is 8.70. The lowest BCUT2D eigenvalue weighted by atomic mass is 9.97. The van der Waals surface area contributed by atoms with E-state index in [0.29, 0.717) is 30.0 Å². The van der Waals surface area contributed by atoms with Gasteiger partial charge in [-0.15, -0.1) is 0 Å². The minimum Gasteiger partial charge on any atom is -0.377 e. The molecule has 2 fully saturated rings. The number of anilines is 1. The molecule has 5 nitrogen and oxygen atoms in total. The van der Waals surface area contributed by atoms with Crippen LogP contribution in [0, 0.1) is 5.41 Å². The second-order valence-electron chi connectivity index (χ2n) is 7.05. The molecule has 1 spiro atoms. The standard InChI is InChI=1S/C18H22F2N4O/c1-2-25-10-13-7-21-24(8-13)9-14-3-4-15(22-16(14)17(19)20)23-11-18(12-23)5-6-18/h3-4,7-8,17H,2,5-6,9-12H2,1H3. The van der Waals surface area contributed by atoms with Crippen molar-refractivity contribution in [3.8, 4) is 0 Å². The fourth-order valence-electron chi connectivity index (χ4n) is 3.37. The van der Waals surface area contributed by atoms with Crippen LogP contribution in [0.1, 0.15) is 43.0 Å². The lowest BCUT2D eigenvalue weighted by Crippen LogP contribution is -2.49. The van der Waals surface area contributed by atoms with Crippen molar-refractivity contribution in [3.05, 3.63) is 41.3 Å². The lowest BCUT2D eigenvalue weighted by molar-refractivity contribution is 0.134. The van der Waals surface area contributed by atoms with Gasteiger partial charge in [-0.2, -0.15) is 5.10 Å². The molecule has 3 heterocycles. The zero-order chi connectivity index (χ0) is 17.4. The Morgan fingerprint density at radius 2 is 2.08 bits per heavy atom.